The summed E-state index contributed by atoms with van der Waals surface area (Å²) in [5.74, 6) is 1.37. The number of pyridine rings is 1. The maximum Gasteiger partial charge on any atom is 0.129 e. The standard InChI is InChI=1S/C20H33N3O2.C2H7P/c1-17(24)7-6-14-23(15-16-25-2)13-4-3-9-19-11-10-18-8-5-12-21-20(18)22-19;1-2-3/h10-11,24H,1,3-9,12-16H2,2H3,(H,21,22);2-3H2,1H3. The van der Waals surface area contributed by atoms with Crippen LogP contribution in [0.2, 0.25) is 0 Å². The van der Waals surface area contributed by atoms with Gasteiger partial charge in [0.15, 0.2) is 0 Å². The van der Waals surface area contributed by atoms with Gasteiger partial charge in [-0.15, -0.1) is 9.24 Å². The Morgan fingerprint density at radius 2 is 2.04 bits per heavy atom. The molecule has 0 spiro atoms. The summed E-state index contributed by atoms with van der Waals surface area (Å²) in [5, 5.41) is 12.6. The first kappa shape index (κ1) is 24.9. The third-order valence-corrected chi connectivity index (χ3v) is 4.66. The van der Waals surface area contributed by atoms with Crippen molar-refractivity contribution in [2.24, 2.45) is 0 Å². The van der Waals surface area contributed by atoms with Crippen molar-refractivity contribution in [1.82, 2.24) is 9.88 Å². The van der Waals surface area contributed by atoms with E-state index in [4.69, 9.17) is 9.72 Å². The summed E-state index contributed by atoms with van der Waals surface area (Å²) in [6.07, 6.45) is 8.45. The minimum atomic E-state index is 0.277. The Balaban J connectivity index is 0.00000122. The fourth-order valence-electron chi connectivity index (χ4n) is 3.21. The van der Waals surface area contributed by atoms with Gasteiger partial charge in [-0.3, -0.25) is 0 Å². The van der Waals surface area contributed by atoms with E-state index in [1.165, 1.54) is 23.8 Å². The topological polar surface area (TPSA) is 57.6 Å². The lowest BCUT2D eigenvalue weighted by Crippen LogP contribution is -2.29. The highest BCUT2D eigenvalue weighted by atomic mass is 31.0. The predicted molar refractivity (Wildman–Crippen MR) is 124 cm³/mol. The highest BCUT2D eigenvalue weighted by Crippen LogP contribution is 2.20. The van der Waals surface area contributed by atoms with Gasteiger partial charge in [0, 0.05) is 32.3 Å². The normalized spacial score (nSPS) is 12.7. The molecule has 2 heterocycles. The van der Waals surface area contributed by atoms with Crippen LogP contribution in [0, 0.1) is 0 Å². The summed E-state index contributed by atoms with van der Waals surface area (Å²) < 4.78 is 5.20. The summed E-state index contributed by atoms with van der Waals surface area (Å²) in [6, 6.07) is 4.41. The van der Waals surface area contributed by atoms with E-state index in [1.807, 2.05) is 0 Å². The molecule has 5 nitrogen and oxygen atoms in total. The maximum absolute atomic E-state index is 9.22. The molecule has 0 saturated heterocycles. The van der Waals surface area contributed by atoms with E-state index in [-0.39, 0.29) is 5.76 Å². The van der Waals surface area contributed by atoms with E-state index in [9.17, 15) is 5.11 Å². The van der Waals surface area contributed by atoms with Crippen LogP contribution >= 0.6 is 9.24 Å². The van der Waals surface area contributed by atoms with Gasteiger partial charge >= 0.3 is 0 Å². The number of allylic oxidation sites excluding steroid dienone is 1. The summed E-state index contributed by atoms with van der Waals surface area (Å²) in [7, 11) is 4.32. The Bertz CT molecular complexity index is 555. The van der Waals surface area contributed by atoms with Crippen LogP contribution in [0.3, 0.4) is 0 Å². The number of methoxy groups -OCH3 is 1. The van der Waals surface area contributed by atoms with Gasteiger partial charge in [-0.1, -0.05) is 19.6 Å². The number of nitrogens with zero attached hydrogens (tertiary/aromatic N) is 2. The number of hydrogen-bond acceptors (Lipinski definition) is 5. The molecule has 1 aliphatic rings. The number of unbranched alkanes of at least 4 members (excludes halogenated alkanes) is 1. The van der Waals surface area contributed by atoms with Gasteiger partial charge in [-0.05, 0) is 69.4 Å². The third-order valence-electron chi connectivity index (χ3n) is 4.66. The molecule has 0 fully saturated rings. The SMILES string of the molecule is C=C(O)CCCN(CCCCc1ccc2c(n1)NCCC2)CCOC.CCP. The average Bonchev–Trinajstić information content (AvgIpc) is 2.69. The Labute approximate surface area is 174 Å². The van der Waals surface area contributed by atoms with Crippen molar-refractivity contribution in [3.05, 3.63) is 35.7 Å². The molecule has 2 rings (SSSR count). The van der Waals surface area contributed by atoms with E-state index in [2.05, 4.69) is 45.1 Å². The molecule has 6 heteroatoms. The van der Waals surface area contributed by atoms with Gasteiger partial charge in [0.2, 0.25) is 0 Å². The Morgan fingerprint density at radius 1 is 1.29 bits per heavy atom. The lowest BCUT2D eigenvalue weighted by Gasteiger charge is -2.22. The molecule has 0 aliphatic carbocycles. The Kier molecular flexibility index (Phi) is 14.0. The first-order valence-electron chi connectivity index (χ1n) is 10.6. The molecule has 28 heavy (non-hydrogen) atoms. The molecule has 0 amide bonds. The van der Waals surface area contributed by atoms with Crippen LogP contribution in [0.4, 0.5) is 5.82 Å². The van der Waals surface area contributed by atoms with Crippen molar-refractivity contribution < 1.29 is 9.84 Å². The van der Waals surface area contributed by atoms with Gasteiger partial charge in [0.05, 0.1) is 12.4 Å². The van der Waals surface area contributed by atoms with Crippen molar-refractivity contribution in [3.63, 3.8) is 0 Å². The largest absolute Gasteiger partial charge is 0.513 e. The van der Waals surface area contributed by atoms with Crippen molar-refractivity contribution in [2.45, 2.75) is 51.9 Å². The minimum absolute atomic E-state index is 0.277. The first-order chi connectivity index (χ1) is 13.6. The highest BCUT2D eigenvalue weighted by molar-refractivity contribution is 7.16. The zero-order valence-corrected chi connectivity index (χ0v) is 19.0. The van der Waals surface area contributed by atoms with Gasteiger partial charge < -0.3 is 20.1 Å². The molecule has 0 saturated carbocycles. The fourth-order valence-corrected chi connectivity index (χ4v) is 3.21. The number of hydrogen-bond donors (Lipinski definition) is 2. The van der Waals surface area contributed by atoms with Crippen molar-refractivity contribution in [3.8, 4) is 0 Å². The van der Waals surface area contributed by atoms with Crippen LogP contribution in [0.15, 0.2) is 24.5 Å². The summed E-state index contributed by atoms with van der Waals surface area (Å²) in [5.41, 5.74) is 2.54. The van der Waals surface area contributed by atoms with E-state index in [0.717, 1.165) is 70.7 Å². The van der Waals surface area contributed by atoms with Crippen LogP contribution in [0.25, 0.3) is 0 Å². The highest BCUT2D eigenvalue weighted by Gasteiger charge is 2.10. The van der Waals surface area contributed by atoms with Gasteiger partial charge in [0.25, 0.3) is 0 Å². The number of rotatable bonds is 12. The van der Waals surface area contributed by atoms with Crippen LogP contribution in [-0.2, 0) is 17.6 Å². The van der Waals surface area contributed by atoms with E-state index in [0.29, 0.717) is 6.42 Å². The van der Waals surface area contributed by atoms with E-state index < -0.39 is 0 Å². The number of nitrogens with one attached hydrogen (secondary N) is 1. The second-order valence-corrected chi connectivity index (χ2v) is 8.03. The predicted octanol–water partition coefficient (Wildman–Crippen LogP) is 4.44. The van der Waals surface area contributed by atoms with Crippen LogP contribution in [0.1, 0.15) is 50.3 Å². The zero-order valence-electron chi connectivity index (χ0n) is 17.9. The molecule has 1 aliphatic heterocycles. The zero-order chi connectivity index (χ0) is 20.6. The number of aliphatic hydroxyl groups is 1. The molecule has 0 aromatic carbocycles. The molecule has 1 aromatic heterocycles. The number of aromatic nitrogens is 1. The average molecular weight is 410 g/mol. The van der Waals surface area contributed by atoms with Gasteiger partial charge in [0.1, 0.15) is 5.82 Å². The molecule has 1 unspecified atom stereocenters. The van der Waals surface area contributed by atoms with Crippen molar-refractivity contribution in [1.29, 1.82) is 0 Å². The number of anilines is 1. The van der Waals surface area contributed by atoms with Crippen LogP contribution in [0.5, 0.6) is 0 Å². The van der Waals surface area contributed by atoms with Gasteiger partial charge in [-0.2, -0.15) is 0 Å². The van der Waals surface area contributed by atoms with Crippen LogP contribution < -0.4 is 5.32 Å². The van der Waals surface area contributed by atoms with Gasteiger partial charge in [-0.25, -0.2) is 4.98 Å². The monoisotopic (exact) mass is 409 g/mol. The van der Waals surface area contributed by atoms with Crippen molar-refractivity contribution in [2.75, 3.05) is 51.4 Å². The third kappa shape index (κ3) is 11.0. The van der Waals surface area contributed by atoms with E-state index in [1.54, 1.807) is 7.11 Å². The molecule has 1 aromatic rings. The second-order valence-electron chi connectivity index (χ2n) is 7.21. The quantitative estimate of drug-likeness (QED) is 0.304. The lowest BCUT2D eigenvalue weighted by atomic mass is 10.1. The fraction of sp³-hybridized carbons (Fsp3) is 0.682. The molecular formula is C22H40N3O2P. The molecule has 1 atom stereocenters. The smallest absolute Gasteiger partial charge is 0.129 e. The number of aryl methyl sites for hydroxylation is 2. The summed E-state index contributed by atoms with van der Waals surface area (Å²) in [4.78, 5) is 7.18. The minimum Gasteiger partial charge on any atom is -0.513 e. The maximum atomic E-state index is 9.22. The number of fused-ring (bicyclic) bond motifs is 1. The lowest BCUT2D eigenvalue weighted by molar-refractivity contribution is 0.145. The molecule has 160 valence electrons. The first-order valence-corrected chi connectivity index (χ1v) is 11.4. The summed E-state index contributed by atoms with van der Waals surface area (Å²) in [6.45, 7) is 10.4. The Morgan fingerprint density at radius 3 is 2.75 bits per heavy atom. The summed E-state index contributed by atoms with van der Waals surface area (Å²) >= 11 is 0. The van der Waals surface area contributed by atoms with E-state index >= 15 is 0 Å². The molecule has 0 radical (unpaired) electrons. The molecule has 2 N–H and O–H groups in total. The second kappa shape index (κ2) is 15.7. The number of ether oxygens (including phenoxy) is 1. The molecule has 0 bridgehead atoms. The Hall–Kier alpha value is -1.16. The molecular weight excluding hydrogens is 369 g/mol. The number of aliphatic hydroxyl groups excluding tert-OH is 1. The van der Waals surface area contributed by atoms with Crippen LogP contribution in [-0.4, -0.2) is 61.0 Å². The van der Waals surface area contributed by atoms with Crippen molar-refractivity contribution >= 4 is 15.1 Å².